The lowest BCUT2D eigenvalue weighted by Crippen LogP contribution is -2.25. The number of hydrogen-bond donors (Lipinski definition) is 1. The first-order valence-corrected chi connectivity index (χ1v) is 11.4. The van der Waals surface area contributed by atoms with Crippen molar-refractivity contribution in [2.45, 2.75) is 26.7 Å². The fourth-order valence-electron chi connectivity index (χ4n) is 2.82. The van der Waals surface area contributed by atoms with Crippen molar-refractivity contribution in [2.24, 2.45) is 5.10 Å². The zero-order chi connectivity index (χ0) is 21.9. The third-order valence-corrected chi connectivity index (χ3v) is 5.38. The highest BCUT2D eigenvalue weighted by Gasteiger charge is 2.11. The van der Waals surface area contributed by atoms with Gasteiger partial charge in [0.05, 0.1) is 22.3 Å². The summed E-state index contributed by atoms with van der Waals surface area (Å²) >= 11 is 6.82. The number of nitrogens with zero attached hydrogens (tertiary/aromatic N) is 2. The van der Waals surface area contributed by atoms with Gasteiger partial charge in [0.1, 0.15) is 11.5 Å². The van der Waals surface area contributed by atoms with Crippen molar-refractivity contribution in [2.75, 3.05) is 31.7 Å². The molecular formula is C22H27Br2N3O3. The van der Waals surface area contributed by atoms with Gasteiger partial charge in [0, 0.05) is 18.8 Å². The topological polar surface area (TPSA) is 63.2 Å². The molecule has 0 heterocycles. The van der Waals surface area contributed by atoms with Crippen LogP contribution in [0, 0.1) is 0 Å². The summed E-state index contributed by atoms with van der Waals surface area (Å²) in [5.74, 6) is 0.845. The smallest absolute Gasteiger partial charge is 0.277 e. The highest BCUT2D eigenvalue weighted by molar-refractivity contribution is 9.11. The van der Waals surface area contributed by atoms with E-state index in [9.17, 15) is 4.79 Å². The Morgan fingerprint density at radius 1 is 1.10 bits per heavy atom. The number of amides is 1. The molecule has 2 rings (SSSR count). The van der Waals surface area contributed by atoms with E-state index in [-0.39, 0.29) is 12.5 Å². The molecule has 0 bridgehead atoms. The average molecular weight is 541 g/mol. The van der Waals surface area contributed by atoms with Crippen LogP contribution < -0.4 is 19.8 Å². The number of rotatable bonds is 11. The minimum absolute atomic E-state index is 0.164. The van der Waals surface area contributed by atoms with Crippen molar-refractivity contribution in [3.05, 3.63) is 50.9 Å². The standard InChI is InChI=1S/C22H27Br2N3O3/c1-4-10-27(11-5-2)17-8-6-16(7-9-17)14-25-26-21(28)15-30-22-19(23)12-18(29-3)13-20(22)24/h6-9,12-14H,4-5,10-11,15H2,1-3H3,(H,26,28). The third-order valence-electron chi connectivity index (χ3n) is 4.20. The molecule has 2 aromatic rings. The molecule has 0 aromatic heterocycles. The van der Waals surface area contributed by atoms with Gasteiger partial charge in [-0.3, -0.25) is 4.79 Å². The Kier molecular flexibility index (Phi) is 10.2. The predicted molar refractivity (Wildman–Crippen MR) is 129 cm³/mol. The third kappa shape index (κ3) is 7.32. The van der Waals surface area contributed by atoms with Crippen LogP contribution >= 0.6 is 31.9 Å². The predicted octanol–water partition coefficient (Wildman–Crippen LogP) is 5.38. The van der Waals surface area contributed by atoms with Crippen LogP contribution in [0.4, 0.5) is 5.69 Å². The first-order valence-electron chi connectivity index (χ1n) is 9.81. The first-order chi connectivity index (χ1) is 14.5. The lowest BCUT2D eigenvalue weighted by Gasteiger charge is -2.23. The van der Waals surface area contributed by atoms with Crippen LogP contribution in [-0.2, 0) is 4.79 Å². The number of benzene rings is 2. The molecule has 1 N–H and O–H groups in total. The lowest BCUT2D eigenvalue weighted by atomic mass is 10.2. The molecule has 0 saturated heterocycles. The molecule has 1 amide bonds. The van der Waals surface area contributed by atoms with E-state index < -0.39 is 0 Å². The Labute approximate surface area is 194 Å². The number of nitrogens with one attached hydrogen (secondary N) is 1. The number of hydrazone groups is 1. The van der Waals surface area contributed by atoms with Crippen LogP contribution in [0.5, 0.6) is 11.5 Å². The van der Waals surface area contributed by atoms with Crippen LogP contribution in [-0.4, -0.2) is 38.9 Å². The van der Waals surface area contributed by atoms with Crippen molar-refractivity contribution in [3.63, 3.8) is 0 Å². The second kappa shape index (κ2) is 12.6. The molecule has 0 atom stereocenters. The van der Waals surface area contributed by atoms with E-state index in [0.29, 0.717) is 20.4 Å². The second-order valence-corrected chi connectivity index (χ2v) is 8.29. The molecule has 0 fully saturated rings. The molecule has 0 radical (unpaired) electrons. The Morgan fingerprint density at radius 3 is 2.23 bits per heavy atom. The molecule has 0 saturated carbocycles. The zero-order valence-corrected chi connectivity index (χ0v) is 20.6. The van der Waals surface area contributed by atoms with Crippen LogP contribution in [0.1, 0.15) is 32.3 Å². The monoisotopic (exact) mass is 539 g/mol. The fraction of sp³-hybridized carbons (Fsp3) is 0.364. The van der Waals surface area contributed by atoms with E-state index in [1.807, 2.05) is 12.1 Å². The summed E-state index contributed by atoms with van der Waals surface area (Å²) < 4.78 is 12.1. The van der Waals surface area contributed by atoms with Gasteiger partial charge in [-0.25, -0.2) is 5.43 Å². The van der Waals surface area contributed by atoms with E-state index in [0.717, 1.165) is 31.5 Å². The number of ether oxygens (including phenoxy) is 2. The second-order valence-electron chi connectivity index (χ2n) is 6.58. The van der Waals surface area contributed by atoms with Gasteiger partial charge in [0.15, 0.2) is 6.61 Å². The van der Waals surface area contributed by atoms with Gasteiger partial charge in [0.2, 0.25) is 0 Å². The van der Waals surface area contributed by atoms with Crippen molar-refractivity contribution in [1.82, 2.24) is 5.43 Å². The summed E-state index contributed by atoms with van der Waals surface area (Å²) in [5.41, 5.74) is 4.59. The van der Waals surface area contributed by atoms with Crippen LogP contribution in [0.25, 0.3) is 0 Å². The van der Waals surface area contributed by atoms with Crippen molar-refractivity contribution in [3.8, 4) is 11.5 Å². The lowest BCUT2D eigenvalue weighted by molar-refractivity contribution is -0.123. The van der Waals surface area contributed by atoms with Crippen molar-refractivity contribution < 1.29 is 14.3 Å². The summed E-state index contributed by atoms with van der Waals surface area (Å²) in [6.07, 6.45) is 3.84. The van der Waals surface area contributed by atoms with Crippen LogP contribution in [0.2, 0.25) is 0 Å². The highest BCUT2D eigenvalue weighted by atomic mass is 79.9. The van der Waals surface area contributed by atoms with Gasteiger partial charge in [-0.1, -0.05) is 26.0 Å². The number of hydrogen-bond acceptors (Lipinski definition) is 5. The van der Waals surface area contributed by atoms with Crippen LogP contribution in [0.15, 0.2) is 50.4 Å². The van der Waals surface area contributed by atoms with Crippen molar-refractivity contribution >= 4 is 49.7 Å². The van der Waals surface area contributed by atoms with E-state index in [1.54, 1.807) is 25.5 Å². The normalized spacial score (nSPS) is 10.8. The van der Waals surface area contributed by atoms with E-state index in [1.165, 1.54) is 5.69 Å². The largest absolute Gasteiger partial charge is 0.497 e. The molecule has 6 nitrogen and oxygen atoms in total. The van der Waals surface area contributed by atoms with Crippen LogP contribution in [0.3, 0.4) is 0 Å². The quantitative estimate of drug-likeness (QED) is 0.307. The van der Waals surface area contributed by atoms with Gasteiger partial charge >= 0.3 is 0 Å². The number of halogens is 2. The molecule has 0 unspecified atom stereocenters. The summed E-state index contributed by atoms with van der Waals surface area (Å²) in [7, 11) is 1.58. The summed E-state index contributed by atoms with van der Waals surface area (Å²) in [6, 6.07) is 11.7. The van der Waals surface area contributed by atoms with Crippen molar-refractivity contribution in [1.29, 1.82) is 0 Å². The number of methoxy groups -OCH3 is 1. The molecule has 162 valence electrons. The highest BCUT2D eigenvalue weighted by Crippen LogP contribution is 2.37. The summed E-state index contributed by atoms with van der Waals surface area (Å²) in [4.78, 5) is 14.4. The SMILES string of the molecule is CCCN(CCC)c1ccc(C=NNC(=O)COc2c(Br)cc(OC)cc2Br)cc1. The minimum Gasteiger partial charge on any atom is -0.497 e. The van der Waals surface area contributed by atoms with E-state index >= 15 is 0 Å². The fourth-order valence-corrected chi connectivity index (χ4v) is 4.20. The molecule has 0 aliphatic heterocycles. The molecule has 8 heteroatoms. The van der Waals surface area contributed by atoms with Gasteiger partial charge in [-0.15, -0.1) is 0 Å². The molecule has 2 aromatic carbocycles. The first kappa shape index (κ1) is 24.2. The Balaban J connectivity index is 1.87. The zero-order valence-electron chi connectivity index (χ0n) is 17.5. The van der Waals surface area contributed by atoms with Gasteiger partial charge < -0.3 is 14.4 Å². The molecule has 0 aliphatic rings. The molecule has 0 spiro atoms. The van der Waals surface area contributed by atoms with E-state index in [4.69, 9.17) is 9.47 Å². The maximum Gasteiger partial charge on any atom is 0.277 e. The average Bonchev–Trinajstić information content (AvgIpc) is 2.73. The van der Waals surface area contributed by atoms with E-state index in [2.05, 4.69) is 73.3 Å². The minimum atomic E-state index is -0.352. The van der Waals surface area contributed by atoms with Gasteiger partial charge in [0.25, 0.3) is 5.91 Å². The van der Waals surface area contributed by atoms with Gasteiger partial charge in [-0.2, -0.15) is 5.10 Å². The summed E-state index contributed by atoms with van der Waals surface area (Å²) in [5, 5.41) is 4.01. The Bertz CT molecular complexity index is 828. The molecular weight excluding hydrogens is 514 g/mol. The molecule has 30 heavy (non-hydrogen) atoms. The maximum atomic E-state index is 12.0. The maximum absolute atomic E-state index is 12.0. The Morgan fingerprint density at radius 2 is 1.70 bits per heavy atom. The number of anilines is 1. The number of carbonyl (C=O) groups is 1. The molecule has 0 aliphatic carbocycles. The Hall–Kier alpha value is -2.06. The summed E-state index contributed by atoms with van der Waals surface area (Å²) in [6.45, 7) is 6.28. The van der Waals surface area contributed by atoms with Gasteiger partial charge in [-0.05, 0) is 74.5 Å². The number of carbonyl (C=O) groups excluding carboxylic acids is 1.